The molecule has 22 heavy (non-hydrogen) atoms. The Bertz CT molecular complexity index is 769. The van der Waals surface area contributed by atoms with Crippen molar-refractivity contribution in [3.05, 3.63) is 77.9 Å². The molecule has 0 fully saturated rings. The van der Waals surface area contributed by atoms with Crippen LogP contribution in [-0.4, -0.2) is 9.19 Å². The van der Waals surface area contributed by atoms with Gasteiger partial charge in [0, 0.05) is 22.1 Å². The van der Waals surface area contributed by atoms with Crippen molar-refractivity contribution in [3.8, 4) is 11.5 Å². The van der Waals surface area contributed by atoms with Crippen molar-refractivity contribution in [2.45, 2.75) is 11.5 Å². The molecule has 0 bridgehead atoms. The summed E-state index contributed by atoms with van der Waals surface area (Å²) in [4.78, 5) is 4.31. The van der Waals surface area contributed by atoms with E-state index >= 15 is 0 Å². The Morgan fingerprint density at radius 2 is 1.73 bits per heavy atom. The minimum absolute atomic E-state index is 0.306. The number of halogens is 1. The molecule has 3 aromatic rings. The molecule has 1 heterocycles. The second-order valence-electron chi connectivity index (χ2n) is 4.86. The van der Waals surface area contributed by atoms with E-state index in [1.54, 1.807) is 12.1 Å². The van der Waals surface area contributed by atoms with Crippen LogP contribution in [0.1, 0.15) is 11.3 Å². The Morgan fingerprint density at radius 1 is 1.00 bits per heavy atom. The van der Waals surface area contributed by atoms with Gasteiger partial charge in [0.2, 0.25) is 5.89 Å². The van der Waals surface area contributed by atoms with E-state index in [-0.39, 0.29) is 5.82 Å². The number of rotatable bonds is 5. The van der Waals surface area contributed by atoms with Gasteiger partial charge in [-0.25, -0.2) is 9.37 Å². The Kier molecular flexibility index (Phi) is 4.44. The fraction of sp³-hybridized carbons (Fsp3) is 0.118. The Balaban J connectivity index is 1.66. The molecule has 0 amide bonds. The van der Waals surface area contributed by atoms with E-state index in [9.17, 15) is 8.60 Å². The minimum atomic E-state index is -1.05. The number of nitrogens with zero attached hydrogens (tertiary/aromatic N) is 1. The van der Waals surface area contributed by atoms with Crippen LogP contribution < -0.4 is 0 Å². The molecule has 112 valence electrons. The molecule has 2 aromatic carbocycles. The number of hydrogen-bond acceptors (Lipinski definition) is 3. The molecule has 3 nitrogen and oxygen atoms in total. The van der Waals surface area contributed by atoms with Crippen LogP contribution in [0.2, 0.25) is 0 Å². The van der Waals surface area contributed by atoms with Crippen molar-refractivity contribution in [3.63, 3.8) is 0 Å². The number of hydrogen-bond donors (Lipinski definition) is 0. The molecule has 3 rings (SSSR count). The van der Waals surface area contributed by atoms with Gasteiger partial charge in [0.25, 0.3) is 0 Å². The maximum atomic E-state index is 12.9. The molecule has 5 heteroatoms. The summed E-state index contributed by atoms with van der Waals surface area (Å²) in [5.74, 6) is 0.922. The van der Waals surface area contributed by atoms with Crippen molar-refractivity contribution >= 4 is 10.8 Å². The van der Waals surface area contributed by atoms with Gasteiger partial charge in [-0.3, -0.25) is 4.21 Å². The minimum Gasteiger partial charge on any atom is -0.444 e. The molecular weight excluding hydrogens is 301 g/mol. The maximum Gasteiger partial charge on any atom is 0.226 e. The molecule has 0 aliphatic carbocycles. The van der Waals surface area contributed by atoms with E-state index in [2.05, 4.69) is 4.98 Å². The maximum absolute atomic E-state index is 12.9. The van der Waals surface area contributed by atoms with Crippen LogP contribution >= 0.6 is 0 Å². The van der Waals surface area contributed by atoms with Crippen LogP contribution in [0.25, 0.3) is 11.5 Å². The Hall–Kier alpha value is -2.27. The molecule has 1 atom stereocenters. The van der Waals surface area contributed by atoms with Crippen molar-refractivity contribution in [2.24, 2.45) is 0 Å². The van der Waals surface area contributed by atoms with Gasteiger partial charge in [0.1, 0.15) is 12.1 Å². The molecular formula is C17H14FNO2S. The number of oxazole rings is 1. The van der Waals surface area contributed by atoms with Crippen LogP contribution in [0.5, 0.6) is 0 Å². The van der Waals surface area contributed by atoms with Gasteiger partial charge >= 0.3 is 0 Å². The van der Waals surface area contributed by atoms with E-state index < -0.39 is 10.8 Å². The van der Waals surface area contributed by atoms with Crippen molar-refractivity contribution < 1.29 is 13.0 Å². The summed E-state index contributed by atoms with van der Waals surface area (Å²) in [5, 5.41) is 0. The molecule has 0 radical (unpaired) electrons. The molecule has 1 unspecified atom stereocenters. The summed E-state index contributed by atoms with van der Waals surface area (Å²) in [7, 11) is -1.05. The summed E-state index contributed by atoms with van der Waals surface area (Å²) in [5.41, 5.74) is 2.36. The highest BCUT2D eigenvalue weighted by atomic mass is 32.2. The molecule has 0 aliphatic heterocycles. The second-order valence-corrected chi connectivity index (χ2v) is 6.32. The zero-order chi connectivity index (χ0) is 15.4. The third-order valence-electron chi connectivity index (χ3n) is 3.12. The third-order valence-corrected chi connectivity index (χ3v) is 4.40. The quantitative estimate of drug-likeness (QED) is 0.716. The zero-order valence-corrected chi connectivity index (χ0v) is 12.6. The van der Waals surface area contributed by atoms with Crippen LogP contribution in [0.15, 0.2) is 65.3 Å². The normalized spacial score (nSPS) is 12.2. The van der Waals surface area contributed by atoms with Gasteiger partial charge in [-0.1, -0.05) is 30.3 Å². The highest BCUT2D eigenvalue weighted by molar-refractivity contribution is 7.83. The molecule has 0 N–H and O–H groups in total. The first-order valence-corrected chi connectivity index (χ1v) is 8.29. The lowest BCUT2D eigenvalue weighted by atomic mass is 10.2. The summed E-state index contributed by atoms with van der Waals surface area (Å²) in [6.07, 6.45) is 1.50. The lowest BCUT2D eigenvalue weighted by Gasteiger charge is -2.00. The molecule has 0 saturated heterocycles. The fourth-order valence-corrected chi connectivity index (χ4v) is 3.20. The fourth-order valence-electron chi connectivity index (χ4n) is 2.07. The molecule has 0 aliphatic rings. The monoisotopic (exact) mass is 315 g/mol. The summed E-state index contributed by atoms with van der Waals surface area (Å²) in [6, 6.07) is 15.6. The van der Waals surface area contributed by atoms with E-state index in [0.717, 1.165) is 5.56 Å². The van der Waals surface area contributed by atoms with Crippen molar-refractivity contribution in [2.75, 3.05) is 0 Å². The zero-order valence-electron chi connectivity index (χ0n) is 11.7. The summed E-state index contributed by atoms with van der Waals surface area (Å²) < 4.78 is 30.4. The Morgan fingerprint density at radius 3 is 2.45 bits per heavy atom. The predicted molar refractivity (Wildman–Crippen MR) is 83.9 cm³/mol. The van der Waals surface area contributed by atoms with E-state index in [1.165, 1.54) is 18.4 Å². The average molecular weight is 315 g/mol. The van der Waals surface area contributed by atoms with Gasteiger partial charge in [0.05, 0.1) is 11.4 Å². The SMILES string of the molecule is O=S(Cc1ccccc1)Cc1coc(-c2ccc(F)cc2)n1. The average Bonchev–Trinajstić information content (AvgIpc) is 2.97. The summed E-state index contributed by atoms with van der Waals surface area (Å²) >= 11 is 0. The largest absolute Gasteiger partial charge is 0.444 e. The van der Waals surface area contributed by atoms with Gasteiger partial charge in [-0.15, -0.1) is 0 Å². The number of benzene rings is 2. The first kappa shape index (κ1) is 14.7. The lowest BCUT2D eigenvalue weighted by Crippen LogP contribution is -1.99. The first-order chi connectivity index (χ1) is 10.7. The standard InChI is InChI=1S/C17H14FNO2S/c18-15-8-6-14(7-9-15)17-19-16(10-21-17)12-22(20)11-13-4-2-1-3-5-13/h1-10H,11-12H2. The highest BCUT2D eigenvalue weighted by Crippen LogP contribution is 2.20. The first-order valence-electron chi connectivity index (χ1n) is 6.80. The van der Waals surface area contributed by atoms with Crippen molar-refractivity contribution in [1.82, 2.24) is 4.98 Å². The Labute approximate surface area is 130 Å². The lowest BCUT2D eigenvalue weighted by molar-refractivity contribution is 0.572. The topological polar surface area (TPSA) is 43.1 Å². The molecule has 0 spiro atoms. The third kappa shape index (κ3) is 3.68. The number of aromatic nitrogens is 1. The smallest absolute Gasteiger partial charge is 0.226 e. The van der Waals surface area contributed by atoms with Crippen LogP contribution in [-0.2, 0) is 22.3 Å². The van der Waals surface area contributed by atoms with E-state index in [0.29, 0.717) is 28.7 Å². The predicted octanol–water partition coefficient (Wildman–Crippen LogP) is 3.93. The second kappa shape index (κ2) is 6.66. The highest BCUT2D eigenvalue weighted by Gasteiger charge is 2.10. The molecule has 0 saturated carbocycles. The summed E-state index contributed by atoms with van der Waals surface area (Å²) in [6.45, 7) is 0. The van der Waals surface area contributed by atoms with Gasteiger partial charge in [-0.2, -0.15) is 0 Å². The van der Waals surface area contributed by atoms with Crippen molar-refractivity contribution in [1.29, 1.82) is 0 Å². The van der Waals surface area contributed by atoms with Gasteiger partial charge in [0.15, 0.2) is 0 Å². The molecule has 1 aromatic heterocycles. The van der Waals surface area contributed by atoms with Crippen LogP contribution in [0.4, 0.5) is 4.39 Å². The van der Waals surface area contributed by atoms with Crippen LogP contribution in [0, 0.1) is 5.82 Å². The van der Waals surface area contributed by atoms with E-state index in [1.807, 2.05) is 30.3 Å². The van der Waals surface area contributed by atoms with Gasteiger partial charge in [-0.05, 0) is 29.8 Å². The van der Waals surface area contributed by atoms with Gasteiger partial charge < -0.3 is 4.42 Å². The van der Waals surface area contributed by atoms with E-state index in [4.69, 9.17) is 4.42 Å². The van der Waals surface area contributed by atoms with Crippen LogP contribution in [0.3, 0.4) is 0 Å².